The molecule has 1 heterocycles. The molecular formula is C13H7Cl2N. The summed E-state index contributed by atoms with van der Waals surface area (Å²) < 4.78 is 0. The molecule has 0 saturated carbocycles. The van der Waals surface area contributed by atoms with Crippen molar-refractivity contribution in [1.29, 1.82) is 0 Å². The Morgan fingerprint density at radius 1 is 0.875 bits per heavy atom. The molecule has 0 aliphatic heterocycles. The van der Waals surface area contributed by atoms with Crippen molar-refractivity contribution in [2.75, 3.05) is 0 Å². The summed E-state index contributed by atoms with van der Waals surface area (Å²) in [5, 5.41) is 4.29. The molecule has 0 fully saturated rings. The molecule has 1 nitrogen and oxygen atoms in total. The summed E-state index contributed by atoms with van der Waals surface area (Å²) in [7, 11) is 0. The Balaban J connectivity index is 2.51. The quantitative estimate of drug-likeness (QED) is 0.415. The van der Waals surface area contributed by atoms with Crippen LogP contribution in [0, 0.1) is 0 Å². The van der Waals surface area contributed by atoms with Crippen LogP contribution < -0.4 is 0 Å². The highest BCUT2D eigenvalue weighted by atomic mass is 35.5. The van der Waals surface area contributed by atoms with Crippen LogP contribution in [0.5, 0.6) is 0 Å². The molecular weight excluding hydrogens is 241 g/mol. The fraction of sp³-hybridized carbons (Fsp3) is 0. The molecule has 0 N–H and O–H groups in total. The van der Waals surface area contributed by atoms with Crippen molar-refractivity contribution >= 4 is 44.9 Å². The SMILES string of the molecule is Clc1cc(Cl)c2cc3ccccc3cc2n1. The van der Waals surface area contributed by atoms with Crippen LogP contribution >= 0.6 is 23.2 Å². The topological polar surface area (TPSA) is 12.9 Å². The highest BCUT2D eigenvalue weighted by Gasteiger charge is 2.04. The van der Waals surface area contributed by atoms with Crippen molar-refractivity contribution in [2.24, 2.45) is 0 Å². The molecule has 0 unspecified atom stereocenters. The average molecular weight is 248 g/mol. The van der Waals surface area contributed by atoms with Crippen LogP contribution in [0.25, 0.3) is 21.7 Å². The fourth-order valence-corrected chi connectivity index (χ4v) is 2.35. The zero-order valence-corrected chi connectivity index (χ0v) is 9.76. The number of hydrogen-bond acceptors (Lipinski definition) is 1. The first-order valence-corrected chi connectivity index (χ1v) is 5.64. The largest absolute Gasteiger partial charge is 0.236 e. The van der Waals surface area contributed by atoms with Crippen molar-refractivity contribution in [3.8, 4) is 0 Å². The summed E-state index contributed by atoms with van der Waals surface area (Å²) in [6.07, 6.45) is 0. The number of fused-ring (bicyclic) bond motifs is 2. The maximum absolute atomic E-state index is 6.14. The van der Waals surface area contributed by atoms with E-state index in [-0.39, 0.29) is 0 Å². The fourth-order valence-electron chi connectivity index (χ4n) is 1.84. The predicted molar refractivity (Wildman–Crippen MR) is 69.3 cm³/mol. The van der Waals surface area contributed by atoms with E-state index in [1.54, 1.807) is 6.07 Å². The van der Waals surface area contributed by atoms with Gasteiger partial charge in [0, 0.05) is 5.39 Å². The maximum atomic E-state index is 6.14. The third-order valence-electron chi connectivity index (χ3n) is 2.59. The van der Waals surface area contributed by atoms with Crippen LogP contribution in [-0.4, -0.2) is 4.98 Å². The lowest BCUT2D eigenvalue weighted by atomic mass is 10.1. The summed E-state index contributed by atoms with van der Waals surface area (Å²) in [5.74, 6) is 0. The Morgan fingerprint density at radius 2 is 1.56 bits per heavy atom. The first kappa shape index (κ1) is 9.88. The van der Waals surface area contributed by atoms with Gasteiger partial charge in [-0.15, -0.1) is 0 Å². The molecule has 0 aliphatic carbocycles. The van der Waals surface area contributed by atoms with E-state index in [0.29, 0.717) is 10.2 Å². The summed E-state index contributed by atoms with van der Waals surface area (Å²) in [4.78, 5) is 4.27. The molecule has 3 rings (SSSR count). The Kier molecular flexibility index (Phi) is 2.23. The van der Waals surface area contributed by atoms with Crippen molar-refractivity contribution in [3.05, 3.63) is 52.6 Å². The summed E-state index contributed by atoms with van der Waals surface area (Å²) in [6, 6.07) is 13.8. The Hall–Kier alpha value is -1.31. The minimum Gasteiger partial charge on any atom is -0.236 e. The number of aromatic nitrogens is 1. The third kappa shape index (κ3) is 1.53. The molecule has 0 aliphatic rings. The first-order chi connectivity index (χ1) is 7.74. The molecule has 78 valence electrons. The average Bonchev–Trinajstić information content (AvgIpc) is 2.27. The number of nitrogens with zero attached hydrogens (tertiary/aromatic N) is 1. The van der Waals surface area contributed by atoms with Gasteiger partial charge < -0.3 is 0 Å². The smallest absolute Gasteiger partial charge is 0.131 e. The van der Waals surface area contributed by atoms with Gasteiger partial charge in [0.2, 0.25) is 0 Å². The zero-order valence-electron chi connectivity index (χ0n) is 8.24. The number of benzene rings is 2. The maximum Gasteiger partial charge on any atom is 0.131 e. The molecule has 0 bridgehead atoms. The molecule has 3 aromatic rings. The Labute approximate surface area is 103 Å². The lowest BCUT2D eigenvalue weighted by Gasteiger charge is -2.03. The van der Waals surface area contributed by atoms with E-state index in [9.17, 15) is 0 Å². The second-order valence-corrected chi connectivity index (χ2v) is 4.44. The lowest BCUT2D eigenvalue weighted by Crippen LogP contribution is -1.82. The van der Waals surface area contributed by atoms with Crippen molar-refractivity contribution in [1.82, 2.24) is 4.98 Å². The van der Waals surface area contributed by atoms with Crippen LogP contribution in [0.3, 0.4) is 0 Å². The molecule has 0 radical (unpaired) electrons. The van der Waals surface area contributed by atoms with Gasteiger partial charge in [0.05, 0.1) is 10.5 Å². The van der Waals surface area contributed by atoms with Crippen LogP contribution in [-0.2, 0) is 0 Å². The second kappa shape index (κ2) is 3.62. The first-order valence-electron chi connectivity index (χ1n) is 4.88. The van der Waals surface area contributed by atoms with Gasteiger partial charge in [0.25, 0.3) is 0 Å². The highest BCUT2D eigenvalue weighted by Crippen LogP contribution is 2.28. The van der Waals surface area contributed by atoms with E-state index in [2.05, 4.69) is 11.1 Å². The molecule has 0 atom stereocenters. The van der Waals surface area contributed by atoms with Gasteiger partial charge in [-0.25, -0.2) is 4.98 Å². The molecule has 1 aromatic heterocycles. The van der Waals surface area contributed by atoms with Crippen molar-refractivity contribution < 1.29 is 0 Å². The molecule has 0 spiro atoms. The monoisotopic (exact) mass is 247 g/mol. The molecule has 0 amide bonds. The number of hydrogen-bond donors (Lipinski definition) is 0. The van der Waals surface area contributed by atoms with Crippen LogP contribution in [0.15, 0.2) is 42.5 Å². The summed E-state index contributed by atoms with van der Waals surface area (Å²) in [5.41, 5.74) is 0.830. The van der Waals surface area contributed by atoms with Crippen LogP contribution in [0.4, 0.5) is 0 Å². The van der Waals surface area contributed by atoms with E-state index in [1.807, 2.05) is 30.3 Å². The van der Waals surface area contributed by atoms with E-state index in [4.69, 9.17) is 23.2 Å². The van der Waals surface area contributed by atoms with E-state index in [1.165, 1.54) is 0 Å². The minimum atomic E-state index is 0.424. The van der Waals surface area contributed by atoms with Crippen molar-refractivity contribution in [2.45, 2.75) is 0 Å². The standard InChI is InChI=1S/C13H7Cl2N/c14-11-7-13(15)16-12-6-9-4-2-1-3-8(9)5-10(11)12/h1-7H. The Bertz CT molecular complexity index is 692. The van der Waals surface area contributed by atoms with E-state index < -0.39 is 0 Å². The van der Waals surface area contributed by atoms with Gasteiger partial charge in [0.1, 0.15) is 5.15 Å². The number of pyridine rings is 1. The second-order valence-electron chi connectivity index (χ2n) is 3.64. The van der Waals surface area contributed by atoms with Gasteiger partial charge in [-0.05, 0) is 29.0 Å². The van der Waals surface area contributed by atoms with E-state index in [0.717, 1.165) is 21.7 Å². The van der Waals surface area contributed by atoms with E-state index >= 15 is 0 Å². The van der Waals surface area contributed by atoms with Gasteiger partial charge in [0.15, 0.2) is 0 Å². The zero-order chi connectivity index (χ0) is 11.1. The molecule has 3 heteroatoms. The summed E-state index contributed by atoms with van der Waals surface area (Å²) in [6.45, 7) is 0. The summed E-state index contributed by atoms with van der Waals surface area (Å²) >= 11 is 12.0. The van der Waals surface area contributed by atoms with Crippen molar-refractivity contribution in [3.63, 3.8) is 0 Å². The van der Waals surface area contributed by atoms with Gasteiger partial charge in [-0.3, -0.25) is 0 Å². The van der Waals surface area contributed by atoms with Crippen LogP contribution in [0.2, 0.25) is 10.2 Å². The molecule has 2 aromatic carbocycles. The third-order valence-corrected chi connectivity index (χ3v) is 3.10. The number of rotatable bonds is 0. The van der Waals surface area contributed by atoms with Crippen LogP contribution in [0.1, 0.15) is 0 Å². The predicted octanol–water partition coefficient (Wildman–Crippen LogP) is 4.69. The van der Waals surface area contributed by atoms with Gasteiger partial charge in [-0.1, -0.05) is 47.5 Å². The lowest BCUT2D eigenvalue weighted by molar-refractivity contribution is 1.42. The van der Waals surface area contributed by atoms with Gasteiger partial charge >= 0.3 is 0 Å². The molecule has 16 heavy (non-hydrogen) atoms. The highest BCUT2D eigenvalue weighted by molar-refractivity contribution is 6.38. The minimum absolute atomic E-state index is 0.424. The Morgan fingerprint density at radius 3 is 2.31 bits per heavy atom. The normalized spacial score (nSPS) is 11.1. The van der Waals surface area contributed by atoms with Gasteiger partial charge in [-0.2, -0.15) is 0 Å². The molecule has 0 saturated heterocycles. The number of halogens is 2.